The number of ether oxygens (including phenoxy) is 2. The first-order chi connectivity index (χ1) is 9.29. The number of hydrogen-bond acceptors (Lipinski definition) is 4. The minimum Gasteiger partial charge on any atom is -0.492 e. The molecule has 2 rings (SSSR count). The van der Waals surface area contributed by atoms with E-state index in [1.165, 1.54) is 0 Å². The lowest BCUT2D eigenvalue weighted by atomic mass is 9.89. The summed E-state index contributed by atoms with van der Waals surface area (Å²) in [4.78, 5) is 24.4. The predicted molar refractivity (Wildman–Crippen MR) is 74.7 cm³/mol. The molecule has 108 valence electrons. The van der Waals surface area contributed by atoms with Crippen molar-refractivity contribution in [3.63, 3.8) is 0 Å². The number of hydrogen-bond donors (Lipinski definition) is 0. The van der Waals surface area contributed by atoms with Gasteiger partial charge in [0, 0.05) is 5.56 Å². The second-order valence-electron chi connectivity index (χ2n) is 6.06. The highest BCUT2D eigenvalue weighted by molar-refractivity contribution is 6.02. The van der Waals surface area contributed by atoms with Gasteiger partial charge in [0.25, 0.3) is 0 Å². The van der Waals surface area contributed by atoms with Gasteiger partial charge in [-0.1, -0.05) is 18.2 Å². The van der Waals surface area contributed by atoms with Gasteiger partial charge < -0.3 is 9.47 Å². The molecule has 0 aromatic heterocycles. The Labute approximate surface area is 119 Å². The van der Waals surface area contributed by atoms with Crippen LogP contribution >= 0.6 is 0 Å². The SMILES string of the molecule is CC(C(=O)OC(C)(C)C)C(=O)C1COc2ccccc21. The lowest BCUT2D eigenvalue weighted by molar-refractivity contribution is -0.161. The lowest BCUT2D eigenvalue weighted by Crippen LogP contribution is -2.33. The molecule has 1 aliphatic heterocycles. The topological polar surface area (TPSA) is 52.6 Å². The molecule has 0 amide bonds. The molecule has 4 nitrogen and oxygen atoms in total. The largest absolute Gasteiger partial charge is 0.492 e. The van der Waals surface area contributed by atoms with Crippen LogP contribution in [-0.2, 0) is 14.3 Å². The highest BCUT2D eigenvalue weighted by Gasteiger charge is 2.37. The zero-order valence-electron chi connectivity index (χ0n) is 12.3. The van der Waals surface area contributed by atoms with Gasteiger partial charge in [-0.25, -0.2) is 0 Å². The first kappa shape index (κ1) is 14.6. The van der Waals surface area contributed by atoms with E-state index >= 15 is 0 Å². The average Bonchev–Trinajstić information content (AvgIpc) is 2.78. The van der Waals surface area contributed by atoms with Gasteiger partial charge in [-0.2, -0.15) is 0 Å². The van der Waals surface area contributed by atoms with Gasteiger partial charge in [0.2, 0.25) is 0 Å². The first-order valence-electron chi connectivity index (χ1n) is 6.78. The fourth-order valence-electron chi connectivity index (χ4n) is 2.21. The van der Waals surface area contributed by atoms with E-state index in [0.29, 0.717) is 6.61 Å². The molecule has 1 aromatic rings. The van der Waals surface area contributed by atoms with Crippen LogP contribution in [0, 0.1) is 5.92 Å². The number of Topliss-reactive ketones (excluding diaryl/α,β-unsaturated/α-hetero) is 1. The molecule has 0 fully saturated rings. The summed E-state index contributed by atoms with van der Waals surface area (Å²) >= 11 is 0. The van der Waals surface area contributed by atoms with Crippen LogP contribution in [-0.4, -0.2) is 24.0 Å². The van der Waals surface area contributed by atoms with Crippen molar-refractivity contribution in [3.8, 4) is 5.75 Å². The van der Waals surface area contributed by atoms with Crippen molar-refractivity contribution in [2.45, 2.75) is 39.2 Å². The summed E-state index contributed by atoms with van der Waals surface area (Å²) in [5, 5.41) is 0. The van der Waals surface area contributed by atoms with Gasteiger partial charge in [-0.3, -0.25) is 9.59 Å². The Morgan fingerprint density at radius 2 is 1.95 bits per heavy atom. The van der Waals surface area contributed by atoms with Crippen LogP contribution in [0.1, 0.15) is 39.2 Å². The zero-order valence-corrected chi connectivity index (χ0v) is 12.3. The van der Waals surface area contributed by atoms with E-state index in [4.69, 9.17) is 9.47 Å². The maximum Gasteiger partial charge on any atom is 0.316 e. The molecule has 0 N–H and O–H groups in total. The van der Waals surface area contributed by atoms with Gasteiger partial charge in [0.1, 0.15) is 23.9 Å². The summed E-state index contributed by atoms with van der Waals surface area (Å²) in [6.07, 6.45) is 0. The Kier molecular flexibility index (Phi) is 3.84. The predicted octanol–water partition coefficient (Wildman–Crippen LogP) is 2.71. The molecule has 1 heterocycles. The highest BCUT2D eigenvalue weighted by Crippen LogP contribution is 2.35. The zero-order chi connectivity index (χ0) is 14.9. The normalized spacial score (nSPS) is 18.9. The summed E-state index contributed by atoms with van der Waals surface area (Å²) < 4.78 is 10.8. The number of fused-ring (bicyclic) bond motifs is 1. The van der Waals surface area contributed by atoms with Gasteiger partial charge in [0.05, 0.1) is 5.92 Å². The summed E-state index contributed by atoms with van der Waals surface area (Å²) in [6.45, 7) is 7.25. The molecule has 0 bridgehead atoms. The second kappa shape index (κ2) is 5.27. The summed E-state index contributed by atoms with van der Waals surface area (Å²) in [5.41, 5.74) is 0.267. The summed E-state index contributed by atoms with van der Waals surface area (Å²) in [5.74, 6) is -1.07. The molecular formula is C16H20O4. The van der Waals surface area contributed by atoms with Crippen molar-refractivity contribution < 1.29 is 19.1 Å². The van der Waals surface area contributed by atoms with E-state index in [9.17, 15) is 9.59 Å². The molecule has 2 unspecified atom stereocenters. The highest BCUT2D eigenvalue weighted by atomic mass is 16.6. The molecule has 1 aliphatic rings. The molecule has 20 heavy (non-hydrogen) atoms. The van der Waals surface area contributed by atoms with Crippen LogP contribution in [0.5, 0.6) is 5.75 Å². The van der Waals surface area contributed by atoms with Gasteiger partial charge in [0.15, 0.2) is 5.78 Å². The van der Waals surface area contributed by atoms with Crippen molar-refractivity contribution in [1.82, 2.24) is 0 Å². The number of carbonyl (C=O) groups excluding carboxylic acids is 2. The minimum atomic E-state index is -0.783. The third-order valence-corrected chi connectivity index (χ3v) is 3.23. The Morgan fingerprint density at radius 3 is 2.60 bits per heavy atom. The minimum absolute atomic E-state index is 0.149. The lowest BCUT2D eigenvalue weighted by Gasteiger charge is -2.22. The first-order valence-corrected chi connectivity index (χ1v) is 6.78. The van der Waals surface area contributed by atoms with Crippen LogP contribution < -0.4 is 4.74 Å². The number of ketones is 1. The number of rotatable bonds is 3. The van der Waals surface area contributed by atoms with Crippen LogP contribution in [0.4, 0.5) is 0 Å². The molecule has 0 radical (unpaired) electrons. The van der Waals surface area contributed by atoms with Crippen LogP contribution in [0.2, 0.25) is 0 Å². The number of esters is 1. The van der Waals surface area contributed by atoms with Gasteiger partial charge >= 0.3 is 5.97 Å². The maximum absolute atomic E-state index is 12.5. The number of carbonyl (C=O) groups is 2. The fourth-order valence-corrected chi connectivity index (χ4v) is 2.21. The molecule has 0 saturated heterocycles. The molecule has 0 aliphatic carbocycles. The average molecular weight is 276 g/mol. The van der Waals surface area contributed by atoms with E-state index in [1.807, 2.05) is 24.3 Å². The van der Waals surface area contributed by atoms with E-state index in [2.05, 4.69) is 0 Å². The maximum atomic E-state index is 12.5. The smallest absolute Gasteiger partial charge is 0.316 e. The standard InChI is InChI=1S/C16H20O4/c1-10(15(18)20-16(2,3)4)14(17)12-9-19-13-8-6-5-7-11(12)13/h5-8,10,12H,9H2,1-4H3. The molecule has 4 heteroatoms. The van der Waals surface area contributed by atoms with Crippen molar-refractivity contribution in [3.05, 3.63) is 29.8 Å². The van der Waals surface area contributed by atoms with E-state index < -0.39 is 17.5 Å². The number of para-hydroxylation sites is 1. The third-order valence-electron chi connectivity index (χ3n) is 3.23. The van der Waals surface area contributed by atoms with Crippen molar-refractivity contribution in [1.29, 1.82) is 0 Å². The number of benzene rings is 1. The fraction of sp³-hybridized carbons (Fsp3) is 0.500. The van der Waals surface area contributed by atoms with Crippen molar-refractivity contribution in [2.24, 2.45) is 5.92 Å². The van der Waals surface area contributed by atoms with Gasteiger partial charge in [-0.05, 0) is 33.8 Å². The quantitative estimate of drug-likeness (QED) is 0.629. The third kappa shape index (κ3) is 3.00. The molecule has 0 saturated carbocycles. The summed E-state index contributed by atoms with van der Waals surface area (Å²) in [6, 6.07) is 7.43. The molecule has 2 atom stereocenters. The molecule has 0 spiro atoms. The summed E-state index contributed by atoms with van der Waals surface area (Å²) in [7, 11) is 0. The van der Waals surface area contributed by atoms with Gasteiger partial charge in [-0.15, -0.1) is 0 Å². The van der Waals surface area contributed by atoms with E-state index in [-0.39, 0.29) is 11.7 Å². The Balaban J connectivity index is 2.11. The monoisotopic (exact) mass is 276 g/mol. The second-order valence-corrected chi connectivity index (χ2v) is 6.06. The van der Waals surface area contributed by atoms with Crippen LogP contribution in [0.3, 0.4) is 0 Å². The Hall–Kier alpha value is -1.84. The Bertz CT molecular complexity index is 528. The van der Waals surface area contributed by atoms with Crippen molar-refractivity contribution >= 4 is 11.8 Å². The van der Waals surface area contributed by atoms with E-state index in [0.717, 1.165) is 11.3 Å². The van der Waals surface area contributed by atoms with Crippen LogP contribution in [0.25, 0.3) is 0 Å². The van der Waals surface area contributed by atoms with Crippen LogP contribution in [0.15, 0.2) is 24.3 Å². The van der Waals surface area contributed by atoms with E-state index in [1.54, 1.807) is 27.7 Å². The Morgan fingerprint density at radius 1 is 1.30 bits per heavy atom. The van der Waals surface area contributed by atoms with Crippen molar-refractivity contribution in [2.75, 3.05) is 6.61 Å². The molecular weight excluding hydrogens is 256 g/mol. The molecule has 1 aromatic carbocycles.